The van der Waals surface area contributed by atoms with Crippen LogP contribution < -0.4 is 0 Å². The third-order valence-electron chi connectivity index (χ3n) is 3.06. The van der Waals surface area contributed by atoms with Crippen molar-refractivity contribution in [2.45, 2.75) is 51.9 Å². The molecule has 0 saturated heterocycles. The lowest BCUT2D eigenvalue weighted by Crippen LogP contribution is -2.50. The Balaban J connectivity index is 2.71. The fourth-order valence-electron chi connectivity index (χ4n) is 1.79. The summed E-state index contributed by atoms with van der Waals surface area (Å²) in [5.41, 5.74) is 0. The van der Waals surface area contributed by atoms with E-state index in [0.29, 0.717) is 0 Å². The number of allylic oxidation sites excluding steroid dienone is 1. The third-order valence-corrected chi connectivity index (χ3v) is 6.77. The van der Waals surface area contributed by atoms with E-state index in [0.717, 1.165) is 6.04 Å². The molecule has 1 nitrogen and oxygen atoms in total. The molecule has 70 valence electrons. The largest absolute Gasteiger partial charge is 0.401 e. The molecule has 2 heteroatoms. The molecule has 1 aliphatic heterocycles. The van der Waals surface area contributed by atoms with Crippen LogP contribution in [0.2, 0.25) is 19.1 Å². The maximum atomic E-state index is 2.64. The average Bonchev–Trinajstić information content (AvgIpc) is 2.05. The van der Waals surface area contributed by atoms with Crippen molar-refractivity contribution in [3.8, 4) is 0 Å². The van der Waals surface area contributed by atoms with Crippen LogP contribution in [0.1, 0.15) is 26.7 Å². The van der Waals surface area contributed by atoms with Gasteiger partial charge in [0.15, 0.2) is 0 Å². The summed E-state index contributed by atoms with van der Waals surface area (Å²) in [4.78, 5) is 0. The van der Waals surface area contributed by atoms with Crippen molar-refractivity contribution in [3.05, 3.63) is 12.3 Å². The molecule has 0 radical (unpaired) electrons. The number of rotatable bonds is 2. The summed E-state index contributed by atoms with van der Waals surface area (Å²) in [5.74, 6) is 0. The maximum absolute atomic E-state index is 2.64. The normalized spacial score (nSPS) is 24.7. The second-order valence-corrected chi connectivity index (χ2v) is 9.23. The smallest absolute Gasteiger partial charge is 0.149 e. The first-order valence-corrected chi connectivity index (χ1v) is 8.18. The van der Waals surface area contributed by atoms with Gasteiger partial charge < -0.3 is 4.57 Å². The molecule has 0 N–H and O–H groups in total. The van der Waals surface area contributed by atoms with Gasteiger partial charge in [-0.3, -0.25) is 0 Å². The Labute approximate surface area is 77.5 Å². The molecule has 1 heterocycles. The minimum atomic E-state index is -1.09. The molecule has 0 spiro atoms. The van der Waals surface area contributed by atoms with Crippen molar-refractivity contribution < 1.29 is 0 Å². The van der Waals surface area contributed by atoms with Crippen molar-refractivity contribution >= 4 is 8.24 Å². The summed E-state index contributed by atoms with van der Waals surface area (Å²) in [6, 6.07) is 2.12. The molecular weight excluding hydrogens is 162 g/mol. The van der Waals surface area contributed by atoms with Gasteiger partial charge in [-0.1, -0.05) is 26.1 Å². The van der Waals surface area contributed by atoms with Crippen LogP contribution in [-0.4, -0.2) is 18.8 Å². The predicted molar refractivity (Wildman–Crippen MR) is 57.6 cm³/mol. The standard InChI is InChI=1S/C10H21NSi/c1-5-12(3,4)11-9-7-6-8-10(11)2/h7,9-10H,5-6,8H2,1-4H3. The van der Waals surface area contributed by atoms with Crippen LogP contribution in [0.5, 0.6) is 0 Å². The van der Waals surface area contributed by atoms with Crippen LogP contribution in [0.15, 0.2) is 12.3 Å². The van der Waals surface area contributed by atoms with Crippen LogP contribution in [0.3, 0.4) is 0 Å². The van der Waals surface area contributed by atoms with Gasteiger partial charge in [0, 0.05) is 6.04 Å². The maximum Gasteiger partial charge on any atom is 0.149 e. The Morgan fingerprint density at radius 3 is 2.67 bits per heavy atom. The zero-order valence-electron chi connectivity index (χ0n) is 8.80. The van der Waals surface area contributed by atoms with E-state index < -0.39 is 8.24 Å². The van der Waals surface area contributed by atoms with E-state index in [1.165, 1.54) is 18.9 Å². The van der Waals surface area contributed by atoms with Gasteiger partial charge in [0.05, 0.1) is 0 Å². The Morgan fingerprint density at radius 1 is 1.50 bits per heavy atom. The van der Waals surface area contributed by atoms with Crippen molar-refractivity contribution in [1.82, 2.24) is 4.57 Å². The van der Waals surface area contributed by atoms with Crippen molar-refractivity contribution in [2.24, 2.45) is 0 Å². The fourth-order valence-corrected chi connectivity index (χ4v) is 3.99. The van der Waals surface area contributed by atoms with E-state index in [1.54, 1.807) is 0 Å². The lowest BCUT2D eigenvalue weighted by Gasteiger charge is -2.42. The Morgan fingerprint density at radius 2 is 2.17 bits per heavy atom. The van der Waals surface area contributed by atoms with E-state index in [4.69, 9.17) is 0 Å². The minimum Gasteiger partial charge on any atom is -0.401 e. The average molecular weight is 183 g/mol. The lowest BCUT2D eigenvalue weighted by atomic mass is 10.1. The van der Waals surface area contributed by atoms with Gasteiger partial charge in [0.25, 0.3) is 0 Å². The zero-order chi connectivity index (χ0) is 9.19. The minimum absolute atomic E-state index is 0.775. The molecule has 0 bridgehead atoms. The monoisotopic (exact) mass is 183 g/mol. The molecule has 0 aromatic carbocycles. The van der Waals surface area contributed by atoms with Crippen molar-refractivity contribution in [2.75, 3.05) is 0 Å². The number of nitrogens with zero attached hydrogens (tertiary/aromatic N) is 1. The SMILES string of the molecule is CC[Si](C)(C)N1C=CCCC1C. The van der Waals surface area contributed by atoms with Crippen LogP contribution in [-0.2, 0) is 0 Å². The van der Waals surface area contributed by atoms with E-state index in [1.807, 2.05) is 0 Å². The highest BCUT2D eigenvalue weighted by Crippen LogP contribution is 2.24. The summed E-state index contributed by atoms with van der Waals surface area (Å²) in [5, 5.41) is 0. The van der Waals surface area contributed by atoms with E-state index in [9.17, 15) is 0 Å². The summed E-state index contributed by atoms with van der Waals surface area (Å²) in [6.07, 6.45) is 7.27. The highest BCUT2D eigenvalue weighted by Gasteiger charge is 2.29. The molecule has 0 aliphatic carbocycles. The van der Waals surface area contributed by atoms with Crippen molar-refractivity contribution in [1.29, 1.82) is 0 Å². The van der Waals surface area contributed by atoms with Crippen LogP contribution in [0, 0.1) is 0 Å². The molecule has 0 amide bonds. The third kappa shape index (κ3) is 1.92. The van der Waals surface area contributed by atoms with Crippen LogP contribution >= 0.6 is 0 Å². The van der Waals surface area contributed by atoms with Crippen LogP contribution in [0.25, 0.3) is 0 Å². The highest BCUT2D eigenvalue weighted by atomic mass is 28.3. The summed E-state index contributed by atoms with van der Waals surface area (Å²) >= 11 is 0. The first-order chi connectivity index (χ1) is 5.58. The van der Waals surface area contributed by atoms with Gasteiger partial charge in [0.2, 0.25) is 0 Å². The number of hydrogen-bond donors (Lipinski definition) is 0. The lowest BCUT2D eigenvalue weighted by molar-refractivity contribution is 0.387. The van der Waals surface area contributed by atoms with E-state index in [2.05, 4.69) is 43.8 Å². The zero-order valence-corrected chi connectivity index (χ0v) is 9.80. The van der Waals surface area contributed by atoms with Gasteiger partial charge in [-0.2, -0.15) is 0 Å². The second kappa shape index (κ2) is 3.65. The summed E-state index contributed by atoms with van der Waals surface area (Å²) in [6.45, 7) is 9.59. The molecular formula is C10H21NSi. The van der Waals surface area contributed by atoms with Gasteiger partial charge >= 0.3 is 0 Å². The molecule has 1 aliphatic rings. The molecule has 0 aromatic heterocycles. The van der Waals surface area contributed by atoms with Gasteiger partial charge in [-0.25, -0.2) is 0 Å². The van der Waals surface area contributed by atoms with Crippen LogP contribution in [0.4, 0.5) is 0 Å². The first-order valence-electron chi connectivity index (χ1n) is 5.03. The predicted octanol–water partition coefficient (Wildman–Crippen LogP) is 3.21. The topological polar surface area (TPSA) is 3.24 Å². The first kappa shape index (κ1) is 9.84. The van der Waals surface area contributed by atoms with E-state index in [-0.39, 0.29) is 0 Å². The van der Waals surface area contributed by atoms with Crippen molar-refractivity contribution in [3.63, 3.8) is 0 Å². The molecule has 1 unspecified atom stereocenters. The van der Waals surface area contributed by atoms with Gasteiger partial charge in [0.1, 0.15) is 8.24 Å². The van der Waals surface area contributed by atoms with E-state index >= 15 is 0 Å². The summed E-state index contributed by atoms with van der Waals surface area (Å²) in [7, 11) is -1.09. The highest BCUT2D eigenvalue weighted by molar-refractivity contribution is 6.74. The quantitative estimate of drug-likeness (QED) is 0.594. The van der Waals surface area contributed by atoms with Gasteiger partial charge in [-0.15, -0.1) is 0 Å². The Kier molecular flexibility index (Phi) is 2.99. The Bertz CT molecular complexity index is 175. The molecule has 0 aromatic rings. The van der Waals surface area contributed by atoms with Gasteiger partial charge in [-0.05, 0) is 32.0 Å². The molecule has 12 heavy (non-hydrogen) atoms. The second-order valence-electron chi connectivity index (χ2n) is 4.38. The molecule has 0 saturated carbocycles. The molecule has 1 atom stereocenters. The number of hydrogen-bond acceptors (Lipinski definition) is 1. The summed E-state index contributed by atoms with van der Waals surface area (Å²) < 4.78 is 2.64. The Hall–Kier alpha value is -0.243. The molecule has 0 fully saturated rings. The fraction of sp³-hybridized carbons (Fsp3) is 0.800. The molecule has 1 rings (SSSR count).